The van der Waals surface area contributed by atoms with E-state index in [1.165, 1.54) is 57.8 Å². The van der Waals surface area contributed by atoms with Crippen molar-refractivity contribution in [2.45, 2.75) is 57.8 Å². The van der Waals surface area contributed by atoms with E-state index in [0.29, 0.717) is 0 Å². The lowest BCUT2D eigenvalue weighted by atomic mass is 9.90. The van der Waals surface area contributed by atoms with Crippen LogP contribution in [0.15, 0.2) is 0 Å². The molecule has 0 saturated carbocycles. The molecule has 1 aromatic carbocycles. The van der Waals surface area contributed by atoms with Crippen molar-refractivity contribution in [3.8, 4) is 0 Å². The molecule has 3 aliphatic rings. The summed E-state index contributed by atoms with van der Waals surface area (Å²) >= 11 is 0. The highest BCUT2D eigenvalue weighted by Gasteiger charge is 2.29. The van der Waals surface area contributed by atoms with E-state index in [1.807, 2.05) is 33.4 Å². The van der Waals surface area contributed by atoms with Crippen molar-refractivity contribution in [2.75, 3.05) is 0 Å². The molecule has 4 rings (SSSR count). The molecule has 0 heterocycles. The van der Waals surface area contributed by atoms with E-state index in [1.54, 1.807) is 0 Å². The number of fused-ring (bicyclic) bond motifs is 6. The lowest BCUT2D eigenvalue weighted by Gasteiger charge is -2.14. The van der Waals surface area contributed by atoms with E-state index in [4.69, 9.17) is 0 Å². The van der Waals surface area contributed by atoms with Gasteiger partial charge in [0.2, 0.25) is 0 Å². The summed E-state index contributed by atoms with van der Waals surface area (Å²) in [5, 5.41) is 0. The van der Waals surface area contributed by atoms with Crippen molar-refractivity contribution in [1.29, 1.82) is 0 Å². The van der Waals surface area contributed by atoms with Crippen LogP contribution in [0.4, 0.5) is 0 Å². The maximum absolute atomic E-state index is 1.81. The minimum absolute atomic E-state index is 1.39. The van der Waals surface area contributed by atoms with Gasteiger partial charge < -0.3 is 0 Å². The summed E-state index contributed by atoms with van der Waals surface area (Å²) in [6.07, 6.45) is 12.6. The summed E-state index contributed by atoms with van der Waals surface area (Å²) < 4.78 is 0. The summed E-state index contributed by atoms with van der Waals surface area (Å²) in [6, 6.07) is 0. The Kier molecular flexibility index (Phi) is 1.60. The highest BCUT2D eigenvalue weighted by molar-refractivity contribution is 5.56. The van der Waals surface area contributed by atoms with E-state index in [2.05, 4.69) is 0 Å². The molecule has 0 heteroatoms. The summed E-state index contributed by atoms with van der Waals surface area (Å²) in [4.78, 5) is 0. The first-order chi connectivity index (χ1) is 7.45. The Balaban J connectivity index is 2.08. The highest BCUT2D eigenvalue weighted by Crippen LogP contribution is 2.42. The van der Waals surface area contributed by atoms with Gasteiger partial charge in [-0.15, -0.1) is 0 Å². The van der Waals surface area contributed by atoms with Crippen molar-refractivity contribution in [3.05, 3.63) is 33.4 Å². The summed E-state index contributed by atoms with van der Waals surface area (Å²) in [5.74, 6) is 0. The second-order valence-corrected chi connectivity index (χ2v) is 5.43. The first kappa shape index (κ1) is 8.38. The molecule has 0 unspecified atom stereocenters. The average molecular weight is 198 g/mol. The second-order valence-electron chi connectivity index (χ2n) is 5.43. The summed E-state index contributed by atoms with van der Waals surface area (Å²) in [6.45, 7) is 0. The smallest absolute Gasteiger partial charge is 0.0270 e. The van der Waals surface area contributed by atoms with Gasteiger partial charge in [0.05, 0.1) is 0 Å². The lowest BCUT2D eigenvalue weighted by Crippen LogP contribution is -2.01. The molecule has 3 aliphatic carbocycles. The third kappa shape index (κ3) is 0.979. The van der Waals surface area contributed by atoms with E-state index < -0.39 is 0 Å². The average Bonchev–Trinajstić information content (AvgIpc) is 2.97. The zero-order chi connectivity index (χ0) is 9.83. The fraction of sp³-hybridized carbons (Fsp3) is 0.600. The lowest BCUT2D eigenvalue weighted by molar-refractivity contribution is 0.885. The topological polar surface area (TPSA) is 0 Å². The minimum Gasteiger partial charge on any atom is -0.0451 e. The molecule has 0 fully saturated rings. The molecule has 0 atom stereocenters. The number of rotatable bonds is 0. The molecule has 0 spiro atoms. The van der Waals surface area contributed by atoms with Crippen LogP contribution in [0.5, 0.6) is 0 Å². The highest BCUT2D eigenvalue weighted by atomic mass is 14.3. The van der Waals surface area contributed by atoms with E-state index in [0.717, 1.165) is 0 Å². The molecule has 78 valence electrons. The molecule has 0 nitrogen and oxygen atoms in total. The first-order valence-corrected chi connectivity index (χ1v) is 6.62. The molecule has 0 amide bonds. The summed E-state index contributed by atoms with van der Waals surface area (Å²) in [5.41, 5.74) is 10.9. The van der Waals surface area contributed by atoms with Gasteiger partial charge in [0.15, 0.2) is 0 Å². The molecule has 0 aromatic heterocycles. The molecular weight excluding hydrogens is 180 g/mol. The van der Waals surface area contributed by atoms with Crippen LogP contribution in [0.2, 0.25) is 0 Å². The SMILES string of the molecule is C1Cc2c3c(c4c(c2C1)CCC4)CCC3. The molecule has 15 heavy (non-hydrogen) atoms. The van der Waals surface area contributed by atoms with E-state index in [9.17, 15) is 0 Å². The Labute approximate surface area is 91.7 Å². The van der Waals surface area contributed by atoms with Crippen molar-refractivity contribution < 1.29 is 0 Å². The molecule has 0 radical (unpaired) electrons. The fourth-order valence-electron chi connectivity index (χ4n) is 4.23. The zero-order valence-corrected chi connectivity index (χ0v) is 9.36. The van der Waals surface area contributed by atoms with Crippen LogP contribution in [0.3, 0.4) is 0 Å². The number of benzene rings is 1. The minimum atomic E-state index is 1.39. The Morgan fingerprint density at radius 2 is 0.533 bits per heavy atom. The third-order valence-electron chi connectivity index (χ3n) is 4.75. The van der Waals surface area contributed by atoms with Gasteiger partial charge in [0.1, 0.15) is 0 Å². The van der Waals surface area contributed by atoms with Crippen molar-refractivity contribution in [1.82, 2.24) is 0 Å². The largest absolute Gasteiger partial charge is 0.0451 e. The number of hydrogen-bond acceptors (Lipinski definition) is 0. The van der Waals surface area contributed by atoms with Crippen LogP contribution in [0.1, 0.15) is 52.6 Å². The number of hydrogen-bond donors (Lipinski definition) is 0. The summed E-state index contributed by atoms with van der Waals surface area (Å²) in [7, 11) is 0. The third-order valence-corrected chi connectivity index (χ3v) is 4.75. The Morgan fingerprint density at radius 1 is 0.333 bits per heavy atom. The van der Waals surface area contributed by atoms with Gasteiger partial charge >= 0.3 is 0 Å². The molecule has 0 N–H and O–H groups in total. The van der Waals surface area contributed by atoms with Crippen LogP contribution in [-0.4, -0.2) is 0 Å². The fourth-order valence-corrected chi connectivity index (χ4v) is 4.23. The first-order valence-electron chi connectivity index (χ1n) is 6.62. The maximum atomic E-state index is 1.81. The Bertz CT molecular complexity index is 315. The molecule has 0 saturated heterocycles. The van der Waals surface area contributed by atoms with Gasteiger partial charge in [-0.1, -0.05) is 0 Å². The van der Waals surface area contributed by atoms with Crippen molar-refractivity contribution >= 4 is 0 Å². The quantitative estimate of drug-likeness (QED) is 0.600. The van der Waals surface area contributed by atoms with Crippen LogP contribution >= 0.6 is 0 Å². The normalized spacial score (nSPS) is 21.6. The van der Waals surface area contributed by atoms with Gasteiger partial charge in [0.25, 0.3) is 0 Å². The van der Waals surface area contributed by atoms with Crippen LogP contribution in [-0.2, 0) is 38.5 Å². The van der Waals surface area contributed by atoms with Gasteiger partial charge in [-0.3, -0.25) is 0 Å². The molecule has 1 aromatic rings. The van der Waals surface area contributed by atoms with Crippen LogP contribution in [0, 0.1) is 0 Å². The Morgan fingerprint density at radius 3 is 0.733 bits per heavy atom. The van der Waals surface area contributed by atoms with Gasteiger partial charge in [0, 0.05) is 0 Å². The van der Waals surface area contributed by atoms with Gasteiger partial charge in [-0.25, -0.2) is 0 Å². The Hall–Kier alpha value is -0.780. The second kappa shape index (κ2) is 2.87. The monoisotopic (exact) mass is 198 g/mol. The van der Waals surface area contributed by atoms with Gasteiger partial charge in [-0.05, 0) is 91.2 Å². The van der Waals surface area contributed by atoms with Gasteiger partial charge in [-0.2, -0.15) is 0 Å². The standard InChI is InChI=1S/C15H18/c1-4-10-11(5-1)13-7-3-9-15(13)14-8-2-6-12(10)14/h1-9H2. The molecule has 0 aliphatic heterocycles. The van der Waals surface area contributed by atoms with Crippen LogP contribution < -0.4 is 0 Å². The predicted molar refractivity (Wildman–Crippen MR) is 62.5 cm³/mol. The zero-order valence-electron chi connectivity index (χ0n) is 9.36. The van der Waals surface area contributed by atoms with Crippen molar-refractivity contribution in [2.24, 2.45) is 0 Å². The molecule has 0 bridgehead atoms. The van der Waals surface area contributed by atoms with Crippen molar-refractivity contribution in [3.63, 3.8) is 0 Å². The molecular formula is C15H18. The van der Waals surface area contributed by atoms with Crippen LogP contribution in [0.25, 0.3) is 0 Å². The van der Waals surface area contributed by atoms with E-state index >= 15 is 0 Å². The predicted octanol–water partition coefficient (Wildman–Crippen LogP) is 3.15. The maximum Gasteiger partial charge on any atom is -0.0270 e. The van der Waals surface area contributed by atoms with E-state index in [-0.39, 0.29) is 0 Å².